The van der Waals surface area contributed by atoms with Crippen LogP contribution >= 0.6 is 0 Å². The van der Waals surface area contributed by atoms with Crippen molar-refractivity contribution in [1.29, 1.82) is 0 Å². The molecule has 29 heteroatoms. The van der Waals surface area contributed by atoms with Crippen LogP contribution in [0.5, 0.6) is 5.75 Å². The number of rotatable bonds is 27. The van der Waals surface area contributed by atoms with E-state index in [0.29, 0.717) is 51.2 Å². The highest BCUT2D eigenvalue weighted by Crippen LogP contribution is 2.40. The van der Waals surface area contributed by atoms with Gasteiger partial charge in [-0.25, -0.2) is 19.1 Å². The quantitative estimate of drug-likeness (QED) is 0.0124. The Kier molecular flexibility index (Phi) is 18.5. The highest BCUT2D eigenvalue weighted by molar-refractivity contribution is 7.84. The maximum Gasteiger partial charge on any atom is 0.335 e. The Morgan fingerprint density at radius 1 is 0.859 bits per heavy atom. The molecule has 4 amide bonds. The van der Waals surface area contributed by atoms with E-state index in [1.165, 1.54) is 34.0 Å². The van der Waals surface area contributed by atoms with Crippen molar-refractivity contribution in [2.75, 3.05) is 70.0 Å². The van der Waals surface area contributed by atoms with E-state index in [2.05, 4.69) is 31.0 Å². The number of piperidine rings is 1. The summed E-state index contributed by atoms with van der Waals surface area (Å²) in [6, 6.07) is 12.9. The third-order valence-corrected chi connectivity index (χ3v) is 13.2. The van der Waals surface area contributed by atoms with Crippen molar-refractivity contribution in [3.05, 3.63) is 83.3 Å². The van der Waals surface area contributed by atoms with Gasteiger partial charge >= 0.3 is 16.3 Å². The average Bonchev–Trinajstić information content (AvgIpc) is 3.98. The molecule has 0 radical (unpaired) electrons. The monoisotopic (exact) mass is 1110 g/mol. The summed E-state index contributed by atoms with van der Waals surface area (Å²) in [7, 11) is -4.45. The van der Waals surface area contributed by atoms with Gasteiger partial charge in [0.2, 0.25) is 42.1 Å². The van der Waals surface area contributed by atoms with Crippen molar-refractivity contribution in [3.63, 3.8) is 0 Å². The lowest BCUT2D eigenvalue weighted by Crippen LogP contribution is -2.61. The molecule has 1 aliphatic carbocycles. The van der Waals surface area contributed by atoms with Crippen molar-refractivity contribution < 1.29 is 100 Å². The second-order valence-corrected chi connectivity index (χ2v) is 19.4. The van der Waals surface area contributed by atoms with Crippen molar-refractivity contribution >= 4 is 68.1 Å². The smallest absolute Gasteiger partial charge is 0.335 e. The van der Waals surface area contributed by atoms with E-state index in [1.54, 1.807) is 41.1 Å². The van der Waals surface area contributed by atoms with E-state index in [9.17, 15) is 63.0 Å². The van der Waals surface area contributed by atoms with E-state index >= 15 is 0 Å². The summed E-state index contributed by atoms with van der Waals surface area (Å²) in [5.41, 5.74) is 3.02. The second kappa shape index (κ2) is 25.2. The first-order valence-electron chi connectivity index (χ1n) is 24.3. The van der Waals surface area contributed by atoms with Crippen LogP contribution in [0.4, 0.5) is 17.2 Å². The molecule has 3 aliphatic heterocycles. The van der Waals surface area contributed by atoms with Crippen molar-refractivity contribution in [2.24, 2.45) is 5.14 Å². The van der Waals surface area contributed by atoms with Gasteiger partial charge in [0, 0.05) is 48.2 Å². The number of aliphatic hydroxyl groups is 5. The molecule has 2 aromatic carbocycles. The number of carbonyl (C=O) groups excluding carboxylic acids is 4. The Bertz CT molecular complexity index is 3070. The van der Waals surface area contributed by atoms with Gasteiger partial charge in [0.25, 0.3) is 11.8 Å². The lowest BCUT2D eigenvalue weighted by Gasteiger charge is -2.38. The predicted molar refractivity (Wildman–Crippen MR) is 265 cm³/mol. The van der Waals surface area contributed by atoms with E-state index in [4.69, 9.17) is 40.0 Å². The minimum Gasteiger partial charge on any atom is -0.479 e. The van der Waals surface area contributed by atoms with E-state index < -0.39 is 89.9 Å². The molecule has 11 N–H and O–H groups in total. The summed E-state index contributed by atoms with van der Waals surface area (Å²) >= 11 is 0. The zero-order valence-electron chi connectivity index (χ0n) is 41.4. The number of aliphatic hydroxyl groups excluding tert-OH is 5. The summed E-state index contributed by atoms with van der Waals surface area (Å²) in [5, 5.41) is 77.4. The van der Waals surface area contributed by atoms with Crippen molar-refractivity contribution in [3.8, 4) is 18.1 Å². The van der Waals surface area contributed by atoms with Crippen molar-refractivity contribution in [1.82, 2.24) is 19.8 Å². The van der Waals surface area contributed by atoms with Crippen LogP contribution in [0.15, 0.2) is 72.2 Å². The Morgan fingerprint density at radius 2 is 1.58 bits per heavy atom. The molecule has 2 fully saturated rings. The zero-order valence-corrected chi connectivity index (χ0v) is 42.2. The molecular formula is C49H57N8O20S+. The van der Waals surface area contributed by atoms with Crippen LogP contribution in [0, 0.1) is 12.3 Å². The molecule has 28 nitrogen and oxygen atoms in total. The highest BCUT2D eigenvalue weighted by Gasteiger charge is 2.50. The fraction of sp³-hybridized carbons (Fsp3) is 0.449. The molecule has 4 aromatic rings. The van der Waals surface area contributed by atoms with E-state index in [-0.39, 0.29) is 95.4 Å². The van der Waals surface area contributed by atoms with Crippen LogP contribution in [-0.4, -0.2) is 191 Å². The average molecular weight is 1110 g/mol. The molecular weight excluding hydrogens is 1050 g/mol. The Labute approximate surface area is 444 Å². The fourth-order valence-corrected chi connectivity index (χ4v) is 8.99. The number of hydrogen-bond acceptors (Lipinski definition) is 21. The minimum absolute atomic E-state index is 0.0436. The molecule has 0 bridgehead atoms. The fourth-order valence-electron chi connectivity index (χ4n) is 8.67. The number of carboxylic acid groups (broad SMARTS) is 1. The van der Waals surface area contributed by atoms with Crippen LogP contribution in [0.3, 0.4) is 0 Å². The first kappa shape index (κ1) is 57.2. The first-order valence-corrected chi connectivity index (χ1v) is 25.8. The first-order chi connectivity index (χ1) is 37.3. The van der Waals surface area contributed by atoms with Gasteiger partial charge in [-0.1, -0.05) is 23.0 Å². The van der Waals surface area contributed by atoms with Gasteiger partial charge < -0.3 is 75.0 Å². The molecule has 78 heavy (non-hydrogen) atoms. The molecule has 9 atom stereocenters. The molecule has 5 heterocycles. The summed E-state index contributed by atoms with van der Waals surface area (Å²) in [5.74, 6) is -0.540. The van der Waals surface area contributed by atoms with E-state index in [1.807, 2.05) is 0 Å². The van der Waals surface area contributed by atoms with Crippen LogP contribution in [0.25, 0.3) is 11.0 Å². The van der Waals surface area contributed by atoms with Gasteiger partial charge in [0.05, 0.1) is 71.2 Å². The number of terminal acetylenes is 1. The molecule has 0 unspecified atom stereocenters. The molecule has 418 valence electrons. The molecule has 8 rings (SSSR count). The number of nitrogens with two attached hydrogens (primary N) is 1. The van der Waals surface area contributed by atoms with Crippen LogP contribution < -0.4 is 30.4 Å². The van der Waals surface area contributed by atoms with Gasteiger partial charge in [0.15, 0.2) is 6.10 Å². The third-order valence-electron chi connectivity index (χ3n) is 12.7. The molecule has 4 aliphatic rings. The van der Waals surface area contributed by atoms with Crippen molar-refractivity contribution in [2.45, 2.75) is 81.1 Å². The maximum atomic E-state index is 13.5. The number of likely N-dealkylation sites (tertiary alicyclic amines) is 1. The standard InChI is InChI=1S/C49H56N8O20S/c1-2-26-4-3-5-28(20-26)53-43-29-9-12-56(47-40(63)37(60)34(75-47)24-74-78(50,69)70)44(29)55(25-52-43)23-27-6-7-33(76-49-41(64)38(61)39(62)42(77-49)48(67)68)32(21-27)54-36(59)8-11-51-35(58)10-14-71-16-18-73-19-17-72-15-13-57-45(65)30-22-31(30)46(57)66/h1,3-7,9,12,20-21,25,34,37-42,47,49,60-64H,8,10-11,13-19,22-24H2,(H5,50,51,54,58,59,67,68,69,70)/p+1/t34-,37-,38+,39+,40-,41-,42+,47-,49-/m1/s1. The summed E-state index contributed by atoms with van der Waals surface area (Å²) in [6.07, 6.45) is -7.02. The third kappa shape index (κ3) is 13.8. The largest absolute Gasteiger partial charge is 0.479 e. The lowest BCUT2D eigenvalue weighted by atomic mass is 9.99. The molecule has 0 spiro atoms. The number of benzene rings is 2. The highest BCUT2D eigenvalue weighted by atomic mass is 32.2. The normalized spacial score (nSPS) is 23.8. The number of aromatic nitrogens is 3. The number of amides is 4. The maximum absolute atomic E-state index is 13.5. The Hall–Kier alpha value is -7.02. The SMILES string of the molecule is C#Cc1cccc(Nc2nc[n+](Cc3ccc(O[C@@H]4O[C@H](C(=O)O)[C@@H](O)[C@H](O)[C@H]4O)c(NC(=O)CCNC(=O)CCOCCOCCOCCN4C(=O)C5=C(C5)C4=O)c3)c3c2ccn3[C@@H]2O[C@H](COS(N)(=O)=O)[C@@H](O)[C@H]2O)c1. The number of fused-ring (bicyclic) bond motifs is 1. The summed E-state index contributed by atoms with van der Waals surface area (Å²) < 4.78 is 64.4. The van der Waals surface area contributed by atoms with Gasteiger partial charge in [-0.3, -0.25) is 28.3 Å². The van der Waals surface area contributed by atoms with Crippen LogP contribution in [0.2, 0.25) is 0 Å². The Morgan fingerprint density at radius 3 is 2.28 bits per heavy atom. The zero-order chi connectivity index (χ0) is 55.8. The second-order valence-electron chi connectivity index (χ2n) is 18.2. The number of ether oxygens (including phenoxy) is 6. The minimum atomic E-state index is -4.45. The number of nitrogens with zero attached hydrogens (tertiary/aromatic N) is 4. The number of aliphatic carboxylic acids is 1. The van der Waals surface area contributed by atoms with Gasteiger partial charge in [0.1, 0.15) is 47.8 Å². The summed E-state index contributed by atoms with van der Waals surface area (Å²) in [4.78, 5) is 67.8. The topological polar surface area (TPSA) is 393 Å². The number of hydrogen-bond donors (Lipinski definition) is 10. The number of carbonyl (C=O) groups is 5. The Balaban J connectivity index is 0.923. The number of carboxylic acids is 1. The van der Waals surface area contributed by atoms with Gasteiger partial charge in [-0.05, 0) is 42.0 Å². The number of imide groups is 1. The number of anilines is 3. The predicted octanol–water partition coefficient (Wildman–Crippen LogP) is -2.84. The molecule has 0 saturated carbocycles. The van der Waals surface area contributed by atoms with E-state index in [0.717, 1.165) is 0 Å². The van der Waals surface area contributed by atoms with Gasteiger partial charge in [-0.15, -0.1) is 6.42 Å². The number of nitrogens with one attached hydrogen (secondary N) is 3. The van der Waals surface area contributed by atoms with Crippen LogP contribution in [-0.2, 0) is 68.7 Å². The van der Waals surface area contributed by atoms with Gasteiger partial charge in [-0.2, -0.15) is 8.42 Å². The van der Waals surface area contributed by atoms with Crippen LogP contribution in [0.1, 0.15) is 36.6 Å². The lowest BCUT2D eigenvalue weighted by molar-refractivity contribution is -0.668. The summed E-state index contributed by atoms with van der Waals surface area (Å²) in [6.45, 7) is 0.342. The molecule has 2 aromatic heterocycles. The molecule has 2 saturated heterocycles.